The lowest BCUT2D eigenvalue weighted by Crippen LogP contribution is -2.19. The van der Waals surface area contributed by atoms with Crippen molar-refractivity contribution in [1.29, 1.82) is 0 Å². The van der Waals surface area contributed by atoms with E-state index in [9.17, 15) is 0 Å². The minimum absolute atomic E-state index is 0.123. The molecular weight excluding hydrogens is 232 g/mol. The number of rotatable bonds is 5. The van der Waals surface area contributed by atoms with Crippen molar-refractivity contribution in [3.63, 3.8) is 0 Å². The van der Waals surface area contributed by atoms with E-state index < -0.39 is 0 Å². The predicted molar refractivity (Wildman–Crippen MR) is 84.3 cm³/mol. The normalized spacial score (nSPS) is 13.4. The van der Waals surface area contributed by atoms with Crippen molar-refractivity contribution in [2.45, 2.75) is 79.2 Å². The summed E-state index contributed by atoms with van der Waals surface area (Å²) in [5, 5.41) is 0. The van der Waals surface area contributed by atoms with Gasteiger partial charge in [-0.3, -0.25) is 0 Å². The first-order valence-corrected chi connectivity index (χ1v) is 7.66. The van der Waals surface area contributed by atoms with Gasteiger partial charge < -0.3 is 4.74 Å². The van der Waals surface area contributed by atoms with Crippen molar-refractivity contribution < 1.29 is 4.74 Å². The molecule has 1 aromatic rings. The minimum atomic E-state index is 0.123. The number of benzene rings is 1. The van der Waals surface area contributed by atoms with Crippen molar-refractivity contribution in [3.05, 3.63) is 28.8 Å². The molecule has 0 heterocycles. The van der Waals surface area contributed by atoms with Crippen molar-refractivity contribution in [2.24, 2.45) is 0 Å². The van der Waals surface area contributed by atoms with Crippen LogP contribution in [0.1, 0.15) is 71.6 Å². The van der Waals surface area contributed by atoms with Crippen LogP contribution in [-0.4, -0.2) is 6.10 Å². The monoisotopic (exact) mass is 262 g/mol. The Labute approximate surface area is 119 Å². The first-order valence-electron chi connectivity index (χ1n) is 7.66. The van der Waals surface area contributed by atoms with Crippen LogP contribution in [0, 0.1) is 0 Å². The summed E-state index contributed by atoms with van der Waals surface area (Å²) in [6, 6.07) is 4.64. The Balaban J connectivity index is 3.38. The van der Waals surface area contributed by atoms with Crippen molar-refractivity contribution in [1.82, 2.24) is 0 Å². The maximum atomic E-state index is 6.24. The van der Waals surface area contributed by atoms with E-state index in [1.807, 2.05) is 0 Å². The molecule has 1 heteroatoms. The molecule has 0 amide bonds. The standard InChI is InChI=1S/C18H30O/c1-8-13(4)19-17-15(10-3)11-14(9-2)12-16(17)18(5,6)7/h11-13H,8-10H2,1-7H3. The average Bonchev–Trinajstić information content (AvgIpc) is 2.37. The van der Waals surface area contributed by atoms with E-state index in [2.05, 4.69) is 60.6 Å². The maximum Gasteiger partial charge on any atom is 0.126 e. The molecule has 0 radical (unpaired) electrons. The molecule has 0 fully saturated rings. The third-order valence-corrected chi connectivity index (χ3v) is 3.72. The third kappa shape index (κ3) is 3.99. The molecular formula is C18H30O. The van der Waals surface area contributed by atoms with E-state index in [1.165, 1.54) is 16.7 Å². The van der Waals surface area contributed by atoms with E-state index in [4.69, 9.17) is 4.74 Å². The van der Waals surface area contributed by atoms with Crippen molar-refractivity contribution in [2.75, 3.05) is 0 Å². The summed E-state index contributed by atoms with van der Waals surface area (Å²) in [5.74, 6) is 1.13. The maximum absolute atomic E-state index is 6.24. The highest BCUT2D eigenvalue weighted by atomic mass is 16.5. The molecule has 0 saturated carbocycles. The van der Waals surface area contributed by atoms with Gasteiger partial charge in [0.15, 0.2) is 0 Å². The van der Waals surface area contributed by atoms with Gasteiger partial charge in [0.05, 0.1) is 6.10 Å². The zero-order valence-corrected chi connectivity index (χ0v) is 13.8. The number of ether oxygens (including phenoxy) is 1. The summed E-state index contributed by atoms with van der Waals surface area (Å²) in [7, 11) is 0. The largest absolute Gasteiger partial charge is 0.490 e. The fourth-order valence-electron chi connectivity index (χ4n) is 2.20. The number of hydrogen-bond acceptors (Lipinski definition) is 1. The van der Waals surface area contributed by atoms with Gasteiger partial charge in [0.2, 0.25) is 0 Å². The van der Waals surface area contributed by atoms with E-state index in [-0.39, 0.29) is 11.5 Å². The zero-order valence-electron chi connectivity index (χ0n) is 13.8. The Hall–Kier alpha value is -0.980. The van der Waals surface area contributed by atoms with Crippen LogP contribution in [0.2, 0.25) is 0 Å². The Morgan fingerprint density at radius 1 is 1.05 bits per heavy atom. The van der Waals surface area contributed by atoms with Gasteiger partial charge in [0.25, 0.3) is 0 Å². The quantitative estimate of drug-likeness (QED) is 0.701. The Morgan fingerprint density at radius 2 is 1.68 bits per heavy atom. The SMILES string of the molecule is CCc1cc(CC)c(OC(C)CC)c(C(C)(C)C)c1. The van der Waals surface area contributed by atoms with Gasteiger partial charge >= 0.3 is 0 Å². The summed E-state index contributed by atoms with van der Waals surface area (Å²) >= 11 is 0. The van der Waals surface area contributed by atoms with Crippen LogP contribution in [0.3, 0.4) is 0 Å². The average molecular weight is 262 g/mol. The lowest BCUT2D eigenvalue weighted by molar-refractivity contribution is 0.210. The molecule has 0 aliphatic heterocycles. The molecule has 1 nitrogen and oxygen atoms in total. The topological polar surface area (TPSA) is 9.23 Å². The van der Waals surface area contributed by atoms with Gasteiger partial charge in [0, 0.05) is 5.56 Å². The first-order chi connectivity index (χ1) is 8.83. The molecule has 0 aliphatic carbocycles. The van der Waals surface area contributed by atoms with E-state index in [0.717, 1.165) is 25.0 Å². The van der Waals surface area contributed by atoms with E-state index in [0.29, 0.717) is 0 Å². The van der Waals surface area contributed by atoms with Gasteiger partial charge in [-0.05, 0) is 42.7 Å². The van der Waals surface area contributed by atoms with E-state index in [1.54, 1.807) is 0 Å². The molecule has 0 saturated heterocycles. The Kier molecular flexibility index (Phi) is 5.46. The fourth-order valence-corrected chi connectivity index (χ4v) is 2.20. The van der Waals surface area contributed by atoms with Gasteiger partial charge in [0.1, 0.15) is 5.75 Å². The number of hydrogen-bond donors (Lipinski definition) is 0. The van der Waals surface area contributed by atoms with Crippen LogP contribution < -0.4 is 4.74 Å². The summed E-state index contributed by atoms with van der Waals surface area (Å²) in [6.45, 7) is 15.6. The minimum Gasteiger partial charge on any atom is -0.490 e. The highest BCUT2D eigenvalue weighted by Gasteiger charge is 2.23. The van der Waals surface area contributed by atoms with Gasteiger partial charge in [-0.1, -0.05) is 53.7 Å². The molecule has 1 rings (SSSR count). The second kappa shape index (κ2) is 6.45. The summed E-state index contributed by atoms with van der Waals surface area (Å²) < 4.78 is 6.24. The van der Waals surface area contributed by atoms with Crippen LogP contribution in [0.4, 0.5) is 0 Å². The number of aryl methyl sites for hydroxylation is 2. The lowest BCUT2D eigenvalue weighted by atomic mass is 9.83. The van der Waals surface area contributed by atoms with Gasteiger partial charge in [-0.15, -0.1) is 0 Å². The van der Waals surface area contributed by atoms with Crippen molar-refractivity contribution in [3.8, 4) is 5.75 Å². The van der Waals surface area contributed by atoms with Crippen LogP contribution in [-0.2, 0) is 18.3 Å². The first kappa shape index (κ1) is 16.1. The summed E-state index contributed by atoms with van der Waals surface area (Å²) in [6.07, 6.45) is 3.43. The highest BCUT2D eigenvalue weighted by molar-refractivity contribution is 5.48. The molecule has 0 aromatic heterocycles. The Morgan fingerprint density at radius 3 is 2.11 bits per heavy atom. The molecule has 1 aromatic carbocycles. The molecule has 19 heavy (non-hydrogen) atoms. The van der Waals surface area contributed by atoms with E-state index >= 15 is 0 Å². The van der Waals surface area contributed by atoms with Crippen LogP contribution in [0.5, 0.6) is 5.75 Å². The predicted octanol–water partition coefficient (Wildman–Crippen LogP) is 5.29. The van der Waals surface area contributed by atoms with Crippen LogP contribution >= 0.6 is 0 Å². The summed E-state index contributed by atoms with van der Waals surface area (Å²) in [5.41, 5.74) is 4.24. The molecule has 0 aliphatic rings. The third-order valence-electron chi connectivity index (χ3n) is 3.72. The Bertz CT molecular complexity index is 412. The second-order valence-electron chi connectivity index (χ2n) is 6.43. The molecule has 0 bridgehead atoms. The molecule has 0 N–H and O–H groups in total. The molecule has 0 spiro atoms. The van der Waals surface area contributed by atoms with Crippen LogP contribution in [0.15, 0.2) is 12.1 Å². The molecule has 1 unspecified atom stereocenters. The van der Waals surface area contributed by atoms with Crippen LogP contribution in [0.25, 0.3) is 0 Å². The van der Waals surface area contributed by atoms with Crippen molar-refractivity contribution >= 4 is 0 Å². The second-order valence-corrected chi connectivity index (χ2v) is 6.43. The van der Waals surface area contributed by atoms with Gasteiger partial charge in [-0.2, -0.15) is 0 Å². The molecule has 1 atom stereocenters. The zero-order chi connectivity index (χ0) is 14.6. The lowest BCUT2D eigenvalue weighted by Gasteiger charge is -2.27. The highest BCUT2D eigenvalue weighted by Crippen LogP contribution is 2.36. The van der Waals surface area contributed by atoms with Gasteiger partial charge in [-0.25, -0.2) is 0 Å². The fraction of sp³-hybridized carbons (Fsp3) is 0.667. The summed E-state index contributed by atoms with van der Waals surface area (Å²) in [4.78, 5) is 0. The smallest absolute Gasteiger partial charge is 0.126 e. The molecule has 108 valence electrons.